The Labute approximate surface area is 117 Å². The first-order valence-electron chi connectivity index (χ1n) is 6.58. The molecule has 1 aliphatic heterocycles. The van der Waals surface area contributed by atoms with E-state index in [2.05, 4.69) is 5.32 Å². The zero-order valence-electron chi connectivity index (χ0n) is 11.5. The molecule has 5 unspecified atom stereocenters. The third-order valence-corrected chi connectivity index (χ3v) is 3.71. The Morgan fingerprint density at radius 3 is 2.35 bits per heavy atom. The SMILES string of the molecule is Cc1ccc(NC2OC(CO)C(O)C(O)C2O)cc1C. The van der Waals surface area contributed by atoms with Crippen molar-refractivity contribution in [2.75, 3.05) is 11.9 Å². The monoisotopic (exact) mass is 283 g/mol. The zero-order valence-corrected chi connectivity index (χ0v) is 11.5. The number of hydrogen-bond acceptors (Lipinski definition) is 6. The van der Waals surface area contributed by atoms with Crippen molar-refractivity contribution in [2.24, 2.45) is 0 Å². The molecule has 0 spiro atoms. The highest BCUT2D eigenvalue weighted by Gasteiger charge is 2.43. The molecular weight excluding hydrogens is 262 g/mol. The van der Waals surface area contributed by atoms with Crippen LogP contribution in [0.2, 0.25) is 0 Å². The fraction of sp³-hybridized carbons (Fsp3) is 0.571. The Balaban J connectivity index is 2.13. The number of aryl methyl sites for hydroxylation is 2. The van der Waals surface area contributed by atoms with Crippen molar-refractivity contribution in [3.8, 4) is 0 Å². The van der Waals surface area contributed by atoms with Gasteiger partial charge in [-0.2, -0.15) is 0 Å². The van der Waals surface area contributed by atoms with Gasteiger partial charge in [-0.1, -0.05) is 6.07 Å². The average Bonchev–Trinajstić information content (AvgIpc) is 2.43. The lowest BCUT2D eigenvalue weighted by Crippen LogP contribution is -2.60. The first-order chi connectivity index (χ1) is 9.43. The molecule has 6 heteroatoms. The fourth-order valence-electron chi connectivity index (χ4n) is 2.22. The fourth-order valence-corrected chi connectivity index (χ4v) is 2.22. The highest BCUT2D eigenvalue weighted by atomic mass is 16.6. The highest BCUT2D eigenvalue weighted by Crippen LogP contribution is 2.23. The van der Waals surface area contributed by atoms with Gasteiger partial charge in [0.2, 0.25) is 0 Å². The van der Waals surface area contributed by atoms with Crippen LogP contribution in [0.15, 0.2) is 18.2 Å². The molecule has 1 saturated heterocycles. The maximum atomic E-state index is 9.93. The van der Waals surface area contributed by atoms with Crippen molar-refractivity contribution >= 4 is 5.69 Å². The highest BCUT2D eigenvalue weighted by molar-refractivity contribution is 5.48. The molecule has 0 saturated carbocycles. The first kappa shape index (κ1) is 15.2. The van der Waals surface area contributed by atoms with E-state index in [-0.39, 0.29) is 0 Å². The van der Waals surface area contributed by atoms with Crippen molar-refractivity contribution in [2.45, 2.75) is 44.5 Å². The van der Waals surface area contributed by atoms with Crippen molar-refractivity contribution in [1.82, 2.24) is 0 Å². The molecule has 0 aromatic heterocycles. The molecule has 0 amide bonds. The second-order valence-electron chi connectivity index (χ2n) is 5.19. The summed E-state index contributed by atoms with van der Waals surface area (Å²) in [6.07, 6.45) is -5.79. The largest absolute Gasteiger partial charge is 0.394 e. The molecule has 0 bridgehead atoms. The first-order valence-corrected chi connectivity index (χ1v) is 6.58. The zero-order chi connectivity index (χ0) is 14.9. The van der Waals surface area contributed by atoms with Gasteiger partial charge in [-0.05, 0) is 37.1 Å². The summed E-state index contributed by atoms with van der Waals surface area (Å²) in [5, 5.41) is 41.4. The molecular formula is C14H21NO5. The molecule has 20 heavy (non-hydrogen) atoms. The number of anilines is 1. The summed E-state index contributed by atoms with van der Waals surface area (Å²) in [6, 6.07) is 5.67. The molecule has 1 aliphatic rings. The van der Waals surface area contributed by atoms with Gasteiger partial charge in [-0.3, -0.25) is 0 Å². The lowest BCUT2D eigenvalue weighted by molar-refractivity contribution is -0.221. The van der Waals surface area contributed by atoms with Gasteiger partial charge in [0, 0.05) is 5.69 Å². The van der Waals surface area contributed by atoms with Crippen LogP contribution < -0.4 is 5.32 Å². The smallest absolute Gasteiger partial charge is 0.157 e. The van der Waals surface area contributed by atoms with Crippen molar-refractivity contribution in [3.63, 3.8) is 0 Å². The summed E-state index contributed by atoms with van der Waals surface area (Å²) < 4.78 is 5.38. The summed E-state index contributed by atoms with van der Waals surface area (Å²) in [6.45, 7) is 3.52. The van der Waals surface area contributed by atoms with Gasteiger partial charge in [0.15, 0.2) is 6.23 Å². The van der Waals surface area contributed by atoms with Crippen LogP contribution in [-0.2, 0) is 4.74 Å². The maximum absolute atomic E-state index is 9.93. The van der Waals surface area contributed by atoms with Crippen molar-refractivity contribution < 1.29 is 25.2 Å². The molecule has 1 fully saturated rings. The standard InChI is InChI=1S/C14H21NO5/c1-7-3-4-9(5-8(7)2)15-14-13(19)12(18)11(17)10(6-16)20-14/h3-5,10-19H,6H2,1-2H3. The Morgan fingerprint density at radius 1 is 1.05 bits per heavy atom. The van der Waals surface area contributed by atoms with E-state index in [9.17, 15) is 15.3 Å². The van der Waals surface area contributed by atoms with E-state index in [0.29, 0.717) is 0 Å². The van der Waals surface area contributed by atoms with Crippen LogP contribution in [0.5, 0.6) is 0 Å². The van der Waals surface area contributed by atoms with E-state index >= 15 is 0 Å². The minimum atomic E-state index is -1.37. The number of nitrogens with one attached hydrogen (secondary N) is 1. The molecule has 2 rings (SSSR count). The number of benzene rings is 1. The Hall–Kier alpha value is -1.18. The van der Waals surface area contributed by atoms with Crippen LogP contribution in [0.25, 0.3) is 0 Å². The third kappa shape index (κ3) is 2.94. The number of aliphatic hydroxyl groups is 4. The molecule has 112 valence electrons. The lowest BCUT2D eigenvalue weighted by Gasteiger charge is -2.40. The van der Waals surface area contributed by atoms with Gasteiger partial charge in [-0.25, -0.2) is 0 Å². The van der Waals surface area contributed by atoms with Crippen LogP contribution in [-0.4, -0.2) is 57.7 Å². The molecule has 1 aromatic rings. The van der Waals surface area contributed by atoms with E-state index in [1.165, 1.54) is 0 Å². The van der Waals surface area contributed by atoms with E-state index in [1.807, 2.05) is 32.0 Å². The number of hydrogen-bond donors (Lipinski definition) is 5. The summed E-state index contributed by atoms with van der Waals surface area (Å²) in [4.78, 5) is 0. The van der Waals surface area contributed by atoms with Crippen LogP contribution in [0.4, 0.5) is 5.69 Å². The van der Waals surface area contributed by atoms with Gasteiger partial charge >= 0.3 is 0 Å². The van der Waals surface area contributed by atoms with E-state index in [4.69, 9.17) is 9.84 Å². The second kappa shape index (κ2) is 6.07. The summed E-state index contributed by atoms with van der Waals surface area (Å²) in [5.41, 5.74) is 2.96. The predicted molar refractivity (Wildman–Crippen MR) is 73.3 cm³/mol. The molecule has 5 atom stereocenters. The predicted octanol–water partition coefficient (Wildman–Crippen LogP) is -0.485. The Kier molecular flexibility index (Phi) is 4.62. The van der Waals surface area contributed by atoms with Crippen LogP contribution >= 0.6 is 0 Å². The van der Waals surface area contributed by atoms with Gasteiger partial charge in [-0.15, -0.1) is 0 Å². The maximum Gasteiger partial charge on any atom is 0.157 e. The molecule has 0 radical (unpaired) electrons. The van der Waals surface area contributed by atoms with E-state index < -0.39 is 37.3 Å². The lowest BCUT2D eigenvalue weighted by atomic mass is 9.98. The van der Waals surface area contributed by atoms with Crippen molar-refractivity contribution in [3.05, 3.63) is 29.3 Å². The number of rotatable bonds is 3. The van der Waals surface area contributed by atoms with Crippen LogP contribution in [0.1, 0.15) is 11.1 Å². The minimum Gasteiger partial charge on any atom is -0.394 e. The van der Waals surface area contributed by atoms with Crippen LogP contribution in [0.3, 0.4) is 0 Å². The quantitative estimate of drug-likeness (QED) is 0.513. The van der Waals surface area contributed by atoms with Crippen LogP contribution in [0, 0.1) is 13.8 Å². The van der Waals surface area contributed by atoms with Crippen molar-refractivity contribution in [1.29, 1.82) is 0 Å². The number of aliphatic hydroxyl groups excluding tert-OH is 4. The normalized spacial score (nSPS) is 34.0. The Bertz CT molecular complexity index is 465. The van der Waals surface area contributed by atoms with Gasteiger partial charge in [0.25, 0.3) is 0 Å². The average molecular weight is 283 g/mol. The van der Waals surface area contributed by atoms with Gasteiger partial charge in [0.1, 0.15) is 24.4 Å². The topological polar surface area (TPSA) is 102 Å². The Morgan fingerprint density at radius 2 is 1.75 bits per heavy atom. The molecule has 5 N–H and O–H groups in total. The third-order valence-electron chi connectivity index (χ3n) is 3.71. The summed E-state index contributed by atoms with van der Waals surface area (Å²) in [7, 11) is 0. The minimum absolute atomic E-state index is 0.434. The summed E-state index contributed by atoms with van der Waals surface area (Å²) >= 11 is 0. The molecule has 1 heterocycles. The van der Waals surface area contributed by atoms with Gasteiger partial charge < -0.3 is 30.5 Å². The summed E-state index contributed by atoms with van der Waals surface area (Å²) in [5.74, 6) is 0. The van der Waals surface area contributed by atoms with Gasteiger partial charge in [0.05, 0.1) is 6.61 Å². The second-order valence-corrected chi connectivity index (χ2v) is 5.19. The molecule has 1 aromatic carbocycles. The van der Waals surface area contributed by atoms with E-state index in [1.54, 1.807) is 0 Å². The van der Waals surface area contributed by atoms with E-state index in [0.717, 1.165) is 16.8 Å². The molecule has 6 nitrogen and oxygen atoms in total. The number of ether oxygens (including phenoxy) is 1. The molecule has 0 aliphatic carbocycles.